The van der Waals surface area contributed by atoms with E-state index in [4.69, 9.17) is 70.3 Å². The number of carbonyl (C=O) groups is 3. The van der Waals surface area contributed by atoms with Crippen LogP contribution < -0.4 is 45.9 Å². The van der Waals surface area contributed by atoms with E-state index in [2.05, 4.69) is 62.2 Å². The number of methoxy groups -OCH3 is 2. The third-order valence-corrected chi connectivity index (χ3v) is 11.4. The fraction of sp³-hybridized carbons (Fsp3) is 0.390. The molecule has 0 radical (unpaired) electrons. The lowest BCUT2D eigenvalue weighted by Crippen LogP contribution is -2.36. The number of nitrogens with one attached hydrogen (secondary N) is 5. The Morgan fingerprint density at radius 2 is 1.64 bits per heavy atom. The van der Waals surface area contributed by atoms with E-state index in [1.807, 2.05) is 20.8 Å². The summed E-state index contributed by atoms with van der Waals surface area (Å²) in [5, 5.41) is 22.9. The normalized spacial score (nSPS) is 11.6. The molecule has 0 atom stereocenters. The summed E-state index contributed by atoms with van der Waals surface area (Å²) < 4.78 is 55.1. The average molecular weight is 1130 g/mol. The number of pyridine rings is 1. The number of aryl methyl sites for hydroxylation is 1. The second kappa shape index (κ2) is 29.1. The van der Waals surface area contributed by atoms with Crippen molar-refractivity contribution in [2.75, 3.05) is 70.2 Å². The molecule has 28 nitrogen and oxygen atoms in total. The highest BCUT2D eigenvalue weighted by Gasteiger charge is 2.27. The summed E-state index contributed by atoms with van der Waals surface area (Å²) in [6.07, 6.45) is 8.56. The molecule has 6 rings (SSSR count). The van der Waals surface area contributed by atoms with Crippen LogP contribution in [0.3, 0.4) is 0 Å². The van der Waals surface area contributed by atoms with Crippen molar-refractivity contribution in [3.05, 3.63) is 73.7 Å². The van der Waals surface area contributed by atoms with Crippen molar-refractivity contribution >= 4 is 88.2 Å². The number of benzene rings is 1. The van der Waals surface area contributed by atoms with Gasteiger partial charge in [0.15, 0.2) is 5.03 Å². The molecule has 0 fully saturated rings. The van der Waals surface area contributed by atoms with Crippen molar-refractivity contribution in [1.82, 2.24) is 59.2 Å². The van der Waals surface area contributed by atoms with Crippen LogP contribution in [0.4, 0.5) is 22.6 Å². The Labute approximate surface area is 439 Å². The standard InChI is InChI=1S/C15H13Cl2N3O2.C15H18N6O6S.C8H14ClN5.C3H8NO5P/c1-2-7-22-13-9-12(10(16)8-11(13)17)20-15(21)19-6-4-3-5-14(19)18-20;1-21(2)13(22)9-6-5-7-16-12(9)28(24,25)20-15(23)19-14-17-10(26-3)8-11(18-14)27-4;1-4-10-7-12-6(9)13-8(14-7)11-5(2)3;5-3(6)1-4-2-10(7,8)9/h1,8-9H,3-7H2;5-8H,1-4H3,(H2,17,18,19,20,23);5H,4H2,1-3H3,(H2,10,11,12,13,14);4H,1-2H2,(H,5,6)(H2,7,8,9). The van der Waals surface area contributed by atoms with Crippen molar-refractivity contribution in [1.29, 1.82) is 0 Å². The highest BCUT2D eigenvalue weighted by Crippen LogP contribution is 2.33. The maximum atomic E-state index is 12.5. The zero-order valence-corrected chi connectivity index (χ0v) is 44.6. The van der Waals surface area contributed by atoms with E-state index in [-0.39, 0.29) is 46.9 Å². The fourth-order valence-corrected chi connectivity index (χ4v) is 7.78. The topological polar surface area (TPSA) is 371 Å². The van der Waals surface area contributed by atoms with E-state index < -0.39 is 53.4 Å². The monoisotopic (exact) mass is 1130 g/mol. The number of carboxylic acid groups (broad SMARTS) is 1. The molecule has 1 aromatic carbocycles. The Bertz CT molecular complexity index is 2990. The first-order chi connectivity index (χ1) is 34.8. The smallest absolute Gasteiger partial charge is 0.350 e. The zero-order chi connectivity index (χ0) is 55.3. The number of nitrogens with zero attached hydrogens (tertiary/aromatic N) is 10. The van der Waals surface area contributed by atoms with Gasteiger partial charge in [-0.25, -0.2) is 19.3 Å². The van der Waals surface area contributed by atoms with Crippen LogP contribution in [0.15, 0.2) is 46.3 Å². The van der Waals surface area contributed by atoms with E-state index >= 15 is 0 Å². The number of terminal acetylenes is 1. The molecule has 0 spiro atoms. The summed E-state index contributed by atoms with van der Waals surface area (Å²) >= 11 is 18.0. The van der Waals surface area contributed by atoms with Gasteiger partial charge in [-0.05, 0) is 63.4 Å². The average Bonchev–Trinajstić information content (AvgIpc) is 3.65. The molecule has 1 aliphatic rings. The lowest BCUT2D eigenvalue weighted by atomic mass is 10.2. The fourth-order valence-electron chi connectivity index (χ4n) is 5.66. The van der Waals surface area contributed by atoms with Crippen molar-refractivity contribution in [3.63, 3.8) is 0 Å². The Hall–Kier alpha value is -6.90. The highest BCUT2D eigenvalue weighted by atomic mass is 35.5. The maximum Gasteiger partial charge on any atom is 0.350 e. The van der Waals surface area contributed by atoms with Gasteiger partial charge in [-0.1, -0.05) is 29.1 Å². The largest absolute Gasteiger partial charge is 0.481 e. The van der Waals surface area contributed by atoms with Gasteiger partial charge in [0.1, 0.15) is 18.2 Å². The highest BCUT2D eigenvalue weighted by molar-refractivity contribution is 7.90. The number of aliphatic carboxylic acids is 1. The number of urea groups is 1. The first kappa shape index (κ1) is 61.4. The lowest BCUT2D eigenvalue weighted by Gasteiger charge is -2.14. The van der Waals surface area contributed by atoms with E-state index in [1.165, 1.54) is 68.4 Å². The Balaban J connectivity index is 0.000000279. The van der Waals surface area contributed by atoms with Crippen molar-refractivity contribution in [3.8, 4) is 35.5 Å². The molecule has 3 amide bonds. The summed E-state index contributed by atoms with van der Waals surface area (Å²) in [5.74, 6) is 2.70. The number of halogens is 3. The molecule has 8 N–H and O–H groups in total. The van der Waals surface area contributed by atoms with E-state index in [0.29, 0.717) is 39.9 Å². The third kappa shape index (κ3) is 19.8. The molecule has 5 heterocycles. The number of fused-ring (bicyclic) bond motifs is 1. The predicted molar refractivity (Wildman–Crippen MR) is 272 cm³/mol. The van der Waals surface area contributed by atoms with Gasteiger partial charge in [0.2, 0.25) is 34.9 Å². The number of rotatable bonds is 17. The number of carboxylic acids is 1. The van der Waals surface area contributed by atoms with E-state index in [1.54, 1.807) is 15.4 Å². The Morgan fingerprint density at radius 3 is 2.20 bits per heavy atom. The first-order valence-electron chi connectivity index (χ1n) is 21.4. The molecule has 0 aliphatic carbocycles. The van der Waals surface area contributed by atoms with Gasteiger partial charge in [-0.2, -0.15) is 38.0 Å². The van der Waals surface area contributed by atoms with Gasteiger partial charge in [-0.15, -0.1) is 11.5 Å². The van der Waals surface area contributed by atoms with E-state index in [0.717, 1.165) is 31.6 Å². The number of ether oxygens (including phenoxy) is 3. The van der Waals surface area contributed by atoms with Crippen LogP contribution in [-0.2, 0) is 32.3 Å². The maximum absolute atomic E-state index is 12.5. The molecular weight excluding hydrogens is 1080 g/mol. The number of anilines is 3. The minimum atomic E-state index is -4.46. The number of carbonyl (C=O) groups excluding carboxylic acids is 2. The molecular formula is C41H53Cl3N15O13PS. The van der Waals surface area contributed by atoms with Crippen molar-refractivity contribution < 1.29 is 56.5 Å². The summed E-state index contributed by atoms with van der Waals surface area (Å²) in [6.45, 7) is 7.05. The molecule has 1 aliphatic heterocycles. The first-order valence-corrected chi connectivity index (χ1v) is 25.8. The minimum absolute atomic E-state index is 0.0788. The zero-order valence-electron chi connectivity index (χ0n) is 40.7. The van der Waals surface area contributed by atoms with Crippen molar-refractivity contribution in [2.45, 2.75) is 57.6 Å². The molecule has 4 aromatic heterocycles. The van der Waals surface area contributed by atoms with Crippen molar-refractivity contribution in [2.24, 2.45) is 0 Å². The number of hydrogen-bond acceptors (Lipinski definition) is 20. The van der Waals surface area contributed by atoms with Crippen LogP contribution in [0, 0.1) is 12.3 Å². The van der Waals surface area contributed by atoms with Gasteiger partial charge in [0.25, 0.3) is 15.9 Å². The summed E-state index contributed by atoms with van der Waals surface area (Å²) in [5.41, 5.74) is 0.0407. The van der Waals surface area contributed by atoms with Gasteiger partial charge in [0.05, 0.1) is 54.4 Å². The molecule has 33 heteroatoms. The lowest BCUT2D eigenvalue weighted by molar-refractivity contribution is -0.135. The van der Waals surface area contributed by atoms with Crippen LogP contribution in [0.25, 0.3) is 5.69 Å². The Morgan fingerprint density at radius 1 is 0.973 bits per heavy atom. The molecule has 402 valence electrons. The second-order valence-corrected chi connectivity index (χ2v) is 19.5. The predicted octanol–water partition coefficient (Wildman–Crippen LogP) is 3.36. The van der Waals surface area contributed by atoms with E-state index in [9.17, 15) is 32.2 Å². The number of hydrogen-bond donors (Lipinski definition) is 8. The van der Waals surface area contributed by atoms with Crippen LogP contribution in [-0.4, -0.2) is 151 Å². The number of aromatic nitrogens is 9. The SMILES string of the molecule is C#CCOc1cc(-n2nc3n(c2=O)CCCC3)c(Cl)cc1Cl.CCNc1nc(Cl)nc(NC(C)C)n1.COc1cc(OC)nc(NC(=O)NS(=O)(=O)c2ncccc2C(=O)N(C)C)n1.O=C(O)CNCP(=O)(O)O. The minimum Gasteiger partial charge on any atom is -0.481 e. The van der Waals surface area contributed by atoms with Gasteiger partial charge in [0, 0.05) is 51.9 Å². The van der Waals surface area contributed by atoms with Gasteiger partial charge in [-0.3, -0.25) is 29.4 Å². The number of amides is 3. The quantitative estimate of drug-likeness (QED) is 0.0489. The Kier molecular flexibility index (Phi) is 24.2. The van der Waals surface area contributed by atoms with Crippen LogP contribution in [0.2, 0.25) is 15.3 Å². The molecule has 0 saturated carbocycles. The molecule has 0 saturated heterocycles. The third-order valence-electron chi connectivity index (χ3n) is 8.68. The molecule has 0 unspecified atom stereocenters. The van der Waals surface area contributed by atoms with Gasteiger partial charge < -0.3 is 44.6 Å². The molecule has 0 bridgehead atoms. The molecule has 74 heavy (non-hydrogen) atoms. The van der Waals surface area contributed by atoms with Gasteiger partial charge >= 0.3 is 25.3 Å². The van der Waals surface area contributed by atoms with Crippen LogP contribution in [0.1, 0.15) is 49.8 Å². The summed E-state index contributed by atoms with van der Waals surface area (Å²) in [7, 11) is -2.94. The van der Waals surface area contributed by atoms with Crippen LogP contribution >= 0.6 is 42.4 Å². The second-order valence-electron chi connectivity index (χ2n) is 15.1. The summed E-state index contributed by atoms with van der Waals surface area (Å²) in [6, 6.07) is 6.28. The molecule has 5 aromatic rings. The van der Waals surface area contributed by atoms with Crippen LogP contribution in [0.5, 0.6) is 17.5 Å². The number of sulfonamides is 1. The summed E-state index contributed by atoms with van der Waals surface area (Å²) in [4.78, 5) is 87.5.